The third-order valence-corrected chi connectivity index (χ3v) is 5.29. The fourth-order valence-electron chi connectivity index (χ4n) is 3.68. The minimum absolute atomic E-state index is 0.0158. The largest absolute Gasteiger partial charge is 0.417 e. The monoisotopic (exact) mass is 415 g/mol. The lowest BCUT2D eigenvalue weighted by Gasteiger charge is -2.30. The van der Waals surface area contributed by atoms with E-state index in [0.717, 1.165) is 43.5 Å². The fourth-order valence-corrected chi connectivity index (χ4v) is 3.68. The molecular weight excluding hydrogens is 395 g/mol. The topological polar surface area (TPSA) is 72.7 Å². The molecule has 1 aliphatic rings. The van der Waals surface area contributed by atoms with Crippen molar-refractivity contribution in [3.63, 3.8) is 0 Å². The first-order valence-corrected chi connectivity index (χ1v) is 9.70. The van der Waals surface area contributed by atoms with E-state index in [-0.39, 0.29) is 17.6 Å². The van der Waals surface area contributed by atoms with Gasteiger partial charge in [-0.25, -0.2) is 9.67 Å². The number of alkyl halides is 3. The minimum Gasteiger partial charge on any atom is -0.367 e. The molecule has 0 spiro atoms. The van der Waals surface area contributed by atoms with Crippen LogP contribution in [0.4, 0.5) is 19.0 Å². The summed E-state index contributed by atoms with van der Waals surface area (Å²) in [6.07, 6.45) is 2.81. The summed E-state index contributed by atoms with van der Waals surface area (Å²) in [7, 11) is 0. The number of nitrogens with zero attached hydrogens (tertiary/aromatic N) is 4. The lowest BCUT2D eigenvalue weighted by Crippen LogP contribution is -2.33. The highest BCUT2D eigenvalue weighted by Crippen LogP contribution is 2.31. The molecule has 30 heavy (non-hydrogen) atoms. The first-order chi connectivity index (χ1) is 14.4. The van der Waals surface area contributed by atoms with Gasteiger partial charge in [0.1, 0.15) is 5.82 Å². The van der Waals surface area contributed by atoms with Crippen molar-refractivity contribution in [2.75, 3.05) is 5.32 Å². The SMILES string of the molecule is O=c1ccc(-c2ccncc2)nn1C1CCC(Nc2ccc(C(F)(F)F)cn2)CC1. The van der Waals surface area contributed by atoms with Crippen LogP contribution in [0.15, 0.2) is 59.8 Å². The molecule has 0 aromatic carbocycles. The van der Waals surface area contributed by atoms with E-state index in [4.69, 9.17) is 0 Å². The highest BCUT2D eigenvalue weighted by molar-refractivity contribution is 5.57. The molecule has 0 unspecified atom stereocenters. The molecule has 4 rings (SSSR count). The molecule has 3 aromatic rings. The molecule has 9 heteroatoms. The summed E-state index contributed by atoms with van der Waals surface area (Å²) < 4.78 is 39.5. The van der Waals surface area contributed by atoms with Crippen LogP contribution in [0, 0.1) is 0 Å². The number of rotatable bonds is 4. The van der Waals surface area contributed by atoms with Gasteiger partial charge in [0.25, 0.3) is 5.56 Å². The van der Waals surface area contributed by atoms with Gasteiger partial charge in [-0.15, -0.1) is 0 Å². The first kappa shape index (κ1) is 20.1. The molecule has 1 N–H and O–H groups in total. The molecule has 1 aliphatic carbocycles. The van der Waals surface area contributed by atoms with Gasteiger partial charge in [-0.1, -0.05) is 0 Å². The van der Waals surface area contributed by atoms with Crippen molar-refractivity contribution in [2.24, 2.45) is 0 Å². The van der Waals surface area contributed by atoms with E-state index in [1.807, 2.05) is 12.1 Å². The summed E-state index contributed by atoms with van der Waals surface area (Å²) in [6.45, 7) is 0. The van der Waals surface area contributed by atoms with E-state index in [2.05, 4.69) is 20.4 Å². The Morgan fingerprint density at radius 3 is 2.33 bits per heavy atom. The molecule has 6 nitrogen and oxygen atoms in total. The van der Waals surface area contributed by atoms with Gasteiger partial charge in [-0.05, 0) is 56.0 Å². The standard InChI is InChI=1S/C21H20F3N5O/c22-21(23,24)15-1-7-19(26-13-15)27-16-2-4-17(5-3-16)29-20(30)8-6-18(28-29)14-9-11-25-12-10-14/h1,6-13,16-17H,2-5H2,(H,26,27). The van der Waals surface area contributed by atoms with Crippen LogP contribution in [-0.2, 0) is 6.18 Å². The molecule has 0 aliphatic heterocycles. The van der Waals surface area contributed by atoms with Crippen molar-refractivity contribution < 1.29 is 13.2 Å². The summed E-state index contributed by atoms with van der Waals surface area (Å²) in [5.74, 6) is 0.418. The van der Waals surface area contributed by atoms with Crippen LogP contribution < -0.4 is 10.9 Å². The predicted molar refractivity (Wildman–Crippen MR) is 106 cm³/mol. The van der Waals surface area contributed by atoms with Crippen molar-refractivity contribution in [3.05, 3.63) is 70.9 Å². The van der Waals surface area contributed by atoms with Crippen LogP contribution in [0.25, 0.3) is 11.3 Å². The Hall–Kier alpha value is -3.23. The normalized spacial score (nSPS) is 19.4. The number of hydrogen-bond acceptors (Lipinski definition) is 5. The molecule has 3 heterocycles. The lowest BCUT2D eigenvalue weighted by molar-refractivity contribution is -0.137. The van der Waals surface area contributed by atoms with Crippen LogP contribution in [0.3, 0.4) is 0 Å². The zero-order valence-corrected chi connectivity index (χ0v) is 16.0. The zero-order chi connectivity index (χ0) is 21.1. The van der Waals surface area contributed by atoms with Gasteiger partial charge in [0, 0.05) is 36.3 Å². The van der Waals surface area contributed by atoms with Gasteiger partial charge in [-0.3, -0.25) is 9.78 Å². The maximum absolute atomic E-state index is 12.7. The smallest absolute Gasteiger partial charge is 0.367 e. The van der Waals surface area contributed by atoms with E-state index in [9.17, 15) is 18.0 Å². The first-order valence-electron chi connectivity index (χ1n) is 9.70. The Labute approximate surface area is 170 Å². The highest BCUT2D eigenvalue weighted by atomic mass is 19.4. The Balaban J connectivity index is 1.41. The Morgan fingerprint density at radius 1 is 0.967 bits per heavy atom. The average Bonchev–Trinajstić information content (AvgIpc) is 2.75. The molecule has 3 aromatic heterocycles. The second kappa shape index (κ2) is 8.25. The number of halogens is 3. The third-order valence-electron chi connectivity index (χ3n) is 5.29. The summed E-state index contributed by atoms with van der Waals surface area (Å²) in [4.78, 5) is 20.2. The minimum atomic E-state index is -4.39. The molecule has 0 saturated heterocycles. The maximum Gasteiger partial charge on any atom is 0.417 e. The third kappa shape index (κ3) is 4.50. The fraction of sp³-hybridized carbons (Fsp3) is 0.333. The second-order valence-electron chi connectivity index (χ2n) is 7.32. The summed E-state index contributed by atoms with van der Waals surface area (Å²) in [5, 5.41) is 7.74. The predicted octanol–water partition coefficient (Wildman–Crippen LogP) is 4.31. The number of pyridine rings is 2. The van der Waals surface area contributed by atoms with Gasteiger partial charge < -0.3 is 5.32 Å². The number of anilines is 1. The van der Waals surface area contributed by atoms with Crippen molar-refractivity contribution in [3.8, 4) is 11.3 Å². The van der Waals surface area contributed by atoms with Crippen molar-refractivity contribution >= 4 is 5.82 Å². The Morgan fingerprint density at radius 2 is 1.70 bits per heavy atom. The summed E-state index contributed by atoms with van der Waals surface area (Å²) in [5.41, 5.74) is 0.693. The molecule has 0 radical (unpaired) electrons. The quantitative estimate of drug-likeness (QED) is 0.687. The summed E-state index contributed by atoms with van der Waals surface area (Å²) >= 11 is 0. The molecular formula is C21H20F3N5O. The van der Waals surface area contributed by atoms with Gasteiger partial charge in [0.2, 0.25) is 0 Å². The van der Waals surface area contributed by atoms with Gasteiger partial charge in [0.15, 0.2) is 0 Å². The van der Waals surface area contributed by atoms with E-state index in [1.165, 1.54) is 12.1 Å². The molecule has 0 bridgehead atoms. The zero-order valence-electron chi connectivity index (χ0n) is 16.0. The Kier molecular flexibility index (Phi) is 5.52. The van der Waals surface area contributed by atoms with E-state index >= 15 is 0 Å². The van der Waals surface area contributed by atoms with Gasteiger partial charge in [0.05, 0.1) is 17.3 Å². The number of hydrogen-bond donors (Lipinski definition) is 1. The van der Waals surface area contributed by atoms with Crippen LogP contribution in [-0.4, -0.2) is 25.8 Å². The van der Waals surface area contributed by atoms with Crippen LogP contribution in [0.5, 0.6) is 0 Å². The van der Waals surface area contributed by atoms with Gasteiger partial charge >= 0.3 is 6.18 Å². The Bertz CT molecular complexity index is 1040. The van der Waals surface area contributed by atoms with Gasteiger partial charge in [-0.2, -0.15) is 18.3 Å². The van der Waals surface area contributed by atoms with E-state index in [1.54, 1.807) is 23.1 Å². The van der Waals surface area contributed by atoms with E-state index in [0.29, 0.717) is 11.5 Å². The second-order valence-corrected chi connectivity index (χ2v) is 7.32. The average molecular weight is 415 g/mol. The number of nitrogens with one attached hydrogen (secondary N) is 1. The van der Waals surface area contributed by atoms with Crippen LogP contribution in [0.2, 0.25) is 0 Å². The molecule has 0 atom stereocenters. The number of aromatic nitrogens is 4. The van der Waals surface area contributed by atoms with Crippen LogP contribution >= 0.6 is 0 Å². The van der Waals surface area contributed by atoms with E-state index < -0.39 is 11.7 Å². The van der Waals surface area contributed by atoms with Crippen molar-refractivity contribution in [1.82, 2.24) is 19.7 Å². The maximum atomic E-state index is 12.7. The van der Waals surface area contributed by atoms with Crippen LogP contribution in [0.1, 0.15) is 37.3 Å². The molecule has 156 valence electrons. The lowest BCUT2D eigenvalue weighted by atomic mass is 9.91. The molecule has 1 fully saturated rings. The molecule has 0 amide bonds. The summed E-state index contributed by atoms with van der Waals surface area (Å²) in [6, 6.07) is 9.36. The van der Waals surface area contributed by atoms with Crippen molar-refractivity contribution in [2.45, 2.75) is 43.9 Å². The van der Waals surface area contributed by atoms with Crippen molar-refractivity contribution in [1.29, 1.82) is 0 Å². The highest BCUT2D eigenvalue weighted by Gasteiger charge is 2.31. The molecule has 1 saturated carbocycles.